The van der Waals surface area contributed by atoms with Gasteiger partial charge in [0.15, 0.2) is 5.82 Å². The normalized spacial score (nSPS) is 23.3. The lowest BCUT2D eigenvalue weighted by molar-refractivity contribution is -0.144. The molecule has 3 amide bonds. The van der Waals surface area contributed by atoms with Crippen molar-refractivity contribution in [3.63, 3.8) is 0 Å². The molecule has 3 saturated heterocycles. The van der Waals surface area contributed by atoms with Crippen LogP contribution in [-0.2, 0) is 27.3 Å². The molecule has 0 spiro atoms. The molecule has 1 aliphatic carbocycles. The number of hydrogen-bond donors (Lipinski definition) is 6. The topological polar surface area (TPSA) is 225 Å². The highest BCUT2D eigenvalue weighted by Crippen LogP contribution is 2.39. The summed E-state index contributed by atoms with van der Waals surface area (Å²) in [5.74, 6) is 0.928. The Morgan fingerprint density at radius 2 is 1.59 bits per heavy atom. The number of β-amino-alcohol motifs (C(OH)–C–C–N with tert-alkyl or cyclic N) is 1. The fraction of sp³-hybridized carbons (Fsp3) is 0.429. The van der Waals surface area contributed by atoms with Crippen molar-refractivity contribution in [1.29, 1.82) is 0 Å². The SMILES string of the molecule is Cc1ncsc1-c1ccc(CNC(=O)[C@@H]2C[C@@H](O)CN2C(=O)[C@@H](NC(=O)[C@H]2CC[C@H](c3ccc(-c4cnc(CC5CC6CN(c7cc(-c8ccccc8O)nnc7N)CC5N6)nc4)cc3)CC2)C(C)(C)C)cc1. The Bertz CT molecular complexity index is 2940. The number of benzene rings is 3. The van der Waals surface area contributed by atoms with Gasteiger partial charge in [0.25, 0.3) is 0 Å². The minimum Gasteiger partial charge on any atom is -0.507 e. The number of thiazole rings is 1. The molecule has 3 aliphatic heterocycles. The van der Waals surface area contributed by atoms with Crippen LogP contribution in [0, 0.1) is 24.2 Å². The molecule has 4 aliphatic rings. The van der Waals surface area contributed by atoms with Crippen LogP contribution in [0.3, 0.4) is 0 Å². The number of aliphatic hydroxyl groups is 1. The lowest BCUT2D eigenvalue weighted by Gasteiger charge is -2.37. The standard InChI is InChI=1S/C56H65N11O5S/c1-32-50(73-31-61-32)37-11-9-33(10-12-37)25-60-54(71)47-23-42(68)29-67(47)55(72)51(56(2,3)4)63-53(70)38-19-17-35(18-20-38)34-13-15-36(16-14-34)40-26-58-49(59-27-40)22-39-21-41-28-66(30-45(39)62-41)46-24-44(64-65-52(46)57)43-7-5-6-8-48(43)69/h5-16,24,26-27,31,35,38-39,41-42,45,47,51,62,68-69H,17-23,25,28-30H2,1-4H3,(H2,57,65)(H,60,71)(H,63,70)/t35-,38-,39?,41?,42-,45?,47+,51-/m1/s1. The average Bonchev–Trinajstić information content (AvgIpc) is 4.09. The van der Waals surface area contributed by atoms with Gasteiger partial charge in [0, 0.05) is 80.5 Å². The van der Waals surface area contributed by atoms with Crippen molar-refractivity contribution in [3.8, 4) is 38.6 Å². The number of likely N-dealkylation sites (tertiary alicyclic amines) is 1. The van der Waals surface area contributed by atoms with E-state index in [0.717, 1.165) is 83.1 Å². The Kier molecular flexibility index (Phi) is 14.3. The van der Waals surface area contributed by atoms with Crippen molar-refractivity contribution in [2.24, 2.45) is 17.3 Å². The van der Waals surface area contributed by atoms with Crippen molar-refractivity contribution in [1.82, 2.24) is 46.0 Å². The molecule has 1 saturated carbocycles. The number of carbonyl (C=O) groups is 3. The maximum absolute atomic E-state index is 14.3. The molecule has 10 rings (SSSR count). The van der Waals surface area contributed by atoms with Gasteiger partial charge in [0.1, 0.15) is 23.7 Å². The summed E-state index contributed by atoms with van der Waals surface area (Å²) in [7, 11) is 0. The number of aromatic hydroxyl groups is 1. The van der Waals surface area contributed by atoms with E-state index >= 15 is 0 Å². The molecule has 6 heterocycles. The van der Waals surface area contributed by atoms with Crippen LogP contribution >= 0.6 is 11.3 Å². The number of carbonyl (C=O) groups excluding carboxylic acids is 3. The maximum Gasteiger partial charge on any atom is 0.246 e. The van der Waals surface area contributed by atoms with E-state index in [0.29, 0.717) is 47.8 Å². The summed E-state index contributed by atoms with van der Waals surface area (Å²) in [5, 5.41) is 39.5. The number of nitrogens with two attached hydrogens (primary N) is 1. The van der Waals surface area contributed by atoms with Crippen LogP contribution in [0.4, 0.5) is 11.5 Å². The number of phenolic OH excluding ortho intramolecular Hbond substituents is 1. The molecule has 380 valence electrons. The van der Waals surface area contributed by atoms with Gasteiger partial charge in [0.2, 0.25) is 17.7 Å². The number of phenols is 1. The van der Waals surface area contributed by atoms with Crippen molar-refractivity contribution in [2.45, 2.75) is 115 Å². The van der Waals surface area contributed by atoms with E-state index in [4.69, 9.17) is 15.7 Å². The first-order valence-corrected chi connectivity index (χ1v) is 26.4. The molecule has 16 nitrogen and oxygen atoms in total. The number of amides is 3. The monoisotopic (exact) mass is 1000 g/mol. The number of nitrogens with one attached hydrogen (secondary N) is 3. The molecule has 3 unspecified atom stereocenters. The Balaban J connectivity index is 0.700. The van der Waals surface area contributed by atoms with Gasteiger partial charge >= 0.3 is 0 Å². The molecule has 3 aromatic heterocycles. The van der Waals surface area contributed by atoms with Crippen molar-refractivity contribution < 1.29 is 24.6 Å². The summed E-state index contributed by atoms with van der Waals surface area (Å²) in [6, 6.07) is 24.4. The number of rotatable bonds is 13. The third kappa shape index (κ3) is 10.9. The zero-order valence-electron chi connectivity index (χ0n) is 41.9. The Morgan fingerprint density at radius 3 is 2.29 bits per heavy atom. The molecule has 3 aromatic carbocycles. The Hall–Kier alpha value is -6.82. The number of fused-ring (bicyclic) bond motifs is 2. The Morgan fingerprint density at radius 1 is 0.863 bits per heavy atom. The highest BCUT2D eigenvalue weighted by Gasteiger charge is 2.45. The number of aryl methyl sites for hydroxylation is 1. The molecule has 2 bridgehead atoms. The van der Waals surface area contributed by atoms with Crippen LogP contribution in [0.2, 0.25) is 0 Å². The predicted molar refractivity (Wildman–Crippen MR) is 282 cm³/mol. The molecule has 7 N–H and O–H groups in total. The van der Waals surface area contributed by atoms with E-state index in [1.807, 2.05) is 88.1 Å². The number of hydrogen-bond acceptors (Lipinski definition) is 14. The quantitative estimate of drug-likeness (QED) is 0.0700. The van der Waals surface area contributed by atoms with Crippen LogP contribution in [0.5, 0.6) is 5.75 Å². The van der Waals surface area contributed by atoms with E-state index < -0.39 is 23.6 Å². The number of nitrogens with zero attached hydrogens (tertiary/aromatic N) is 7. The fourth-order valence-corrected chi connectivity index (χ4v) is 12.2. The van der Waals surface area contributed by atoms with Crippen LogP contribution in [0.15, 0.2) is 96.8 Å². The first-order chi connectivity index (χ1) is 35.1. The average molecular weight is 1000 g/mol. The first-order valence-electron chi connectivity index (χ1n) is 25.5. The fourth-order valence-electron chi connectivity index (χ4n) is 11.4. The lowest BCUT2D eigenvalue weighted by Crippen LogP contribution is -2.58. The second-order valence-electron chi connectivity index (χ2n) is 21.5. The predicted octanol–water partition coefficient (Wildman–Crippen LogP) is 6.81. The van der Waals surface area contributed by atoms with Gasteiger partial charge in [-0.25, -0.2) is 15.0 Å². The number of para-hydroxylation sites is 1. The van der Waals surface area contributed by atoms with Gasteiger partial charge in [-0.05, 0) is 96.7 Å². The van der Waals surface area contributed by atoms with Gasteiger partial charge < -0.3 is 41.7 Å². The summed E-state index contributed by atoms with van der Waals surface area (Å²) in [5.41, 5.74) is 15.7. The van der Waals surface area contributed by atoms with Gasteiger partial charge in [0.05, 0.1) is 33.6 Å². The zero-order chi connectivity index (χ0) is 51.0. The second-order valence-corrected chi connectivity index (χ2v) is 22.4. The van der Waals surface area contributed by atoms with Crippen LogP contribution in [-0.4, -0.2) is 108 Å². The minimum atomic E-state index is -0.874. The number of aromatic nitrogens is 5. The number of anilines is 2. The van der Waals surface area contributed by atoms with E-state index in [9.17, 15) is 24.6 Å². The maximum atomic E-state index is 14.3. The summed E-state index contributed by atoms with van der Waals surface area (Å²) < 4.78 is 0. The van der Waals surface area contributed by atoms with Gasteiger partial charge in [-0.1, -0.05) is 81.4 Å². The van der Waals surface area contributed by atoms with Crippen molar-refractivity contribution >= 4 is 40.6 Å². The van der Waals surface area contributed by atoms with Crippen LogP contribution < -0.4 is 26.6 Å². The molecule has 6 aromatic rings. The third-order valence-corrected chi connectivity index (χ3v) is 16.4. The number of piperazine rings is 1. The summed E-state index contributed by atoms with van der Waals surface area (Å²) in [4.78, 5) is 60.7. The lowest BCUT2D eigenvalue weighted by atomic mass is 9.77. The van der Waals surface area contributed by atoms with Crippen LogP contribution in [0.25, 0.3) is 32.8 Å². The molecule has 6 atom stereocenters. The zero-order valence-corrected chi connectivity index (χ0v) is 42.7. The molecular weight excluding hydrogens is 939 g/mol. The van der Waals surface area contributed by atoms with E-state index in [-0.39, 0.29) is 54.9 Å². The third-order valence-electron chi connectivity index (χ3n) is 15.4. The van der Waals surface area contributed by atoms with E-state index in [1.54, 1.807) is 23.5 Å². The van der Waals surface area contributed by atoms with Crippen molar-refractivity contribution in [3.05, 3.63) is 119 Å². The summed E-state index contributed by atoms with van der Waals surface area (Å²) >= 11 is 1.59. The number of nitrogen functional groups attached to an aromatic ring is 1. The van der Waals surface area contributed by atoms with Crippen molar-refractivity contribution in [2.75, 3.05) is 30.3 Å². The first kappa shape index (κ1) is 49.7. The molecular formula is C56H65N11O5S. The van der Waals surface area contributed by atoms with Crippen LogP contribution in [0.1, 0.15) is 87.9 Å². The highest BCUT2D eigenvalue weighted by molar-refractivity contribution is 7.13. The summed E-state index contributed by atoms with van der Waals surface area (Å²) in [6.07, 6.45) is 7.96. The molecule has 73 heavy (non-hydrogen) atoms. The molecule has 0 radical (unpaired) electrons. The molecule has 4 fully saturated rings. The highest BCUT2D eigenvalue weighted by atomic mass is 32.1. The van der Waals surface area contributed by atoms with Gasteiger partial charge in [-0.3, -0.25) is 14.4 Å². The smallest absolute Gasteiger partial charge is 0.246 e. The van der Waals surface area contributed by atoms with E-state index in [2.05, 4.69) is 60.3 Å². The van der Waals surface area contributed by atoms with E-state index in [1.165, 1.54) is 10.5 Å². The van der Waals surface area contributed by atoms with Gasteiger partial charge in [-0.2, -0.15) is 0 Å². The Labute approximate surface area is 430 Å². The van der Waals surface area contributed by atoms with Gasteiger partial charge in [-0.15, -0.1) is 21.5 Å². The minimum absolute atomic E-state index is 0.0265. The summed E-state index contributed by atoms with van der Waals surface area (Å²) in [6.45, 7) is 9.58. The number of aliphatic hydroxyl groups excluding tert-OH is 1. The molecule has 17 heteroatoms. The largest absolute Gasteiger partial charge is 0.507 e. The second kappa shape index (κ2) is 21.0.